The summed E-state index contributed by atoms with van der Waals surface area (Å²) in [5.41, 5.74) is 1.16. The molecule has 0 spiro atoms. The maximum absolute atomic E-state index is 9.13. The van der Waals surface area contributed by atoms with Gasteiger partial charge in [0.1, 0.15) is 23.6 Å². The predicted molar refractivity (Wildman–Crippen MR) is 84.5 cm³/mol. The summed E-state index contributed by atoms with van der Waals surface area (Å²) in [6.45, 7) is 2.75. The molecule has 0 radical (unpaired) electrons. The van der Waals surface area contributed by atoms with Crippen molar-refractivity contribution in [2.45, 2.75) is 13.5 Å². The van der Waals surface area contributed by atoms with Gasteiger partial charge in [-0.05, 0) is 25.1 Å². The van der Waals surface area contributed by atoms with Gasteiger partial charge in [-0.1, -0.05) is 27.5 Å². The van der Waals surface area contributed by atoms with Crippen molar-refractivity contribution in [3.05, 3.63) is 45.3 Å². The zero-order valence-electron chi connectivity index (χ0n) is 11.2. The Morgan fingerprint density at radius 1 is 1.38 bits per heavy atom. The monoisotopic (exact) mass is 366 g/mol. The minimum Gasteiger partial charge on any atom is -0.374 e. The molecule has 2 rings (SSSR count). The number of hydrogen-bond donors (Lipinski definition) is 1. The minimum absolute atomic E-state index is 0.287. The van der Waals surface area contributed by atoms with Crippen LogP contribution >= 0.6 is 27.5 Å². The van der Waals surface area contributed by atoms with E-state index in [1.165, 1.54) is 0 Å². The van der Waals surface area contributed by atoms with Gasteiger partial charge in [0.15, 0.2) is 5.82 Å². The molecule has 2 aromatic rings. The number of ether oxygens (including phenoxy) is 1. The third-order valence-corrected chi connectivity index (χ3v) is 3.23. The molecule has 1 aromatic carbocycles. The summed E-state index contributed by atoms with van der Waals surface area (Å²) in [5.74, 6) is 1.000. The van der Waals surface area contributed by atoms with Crippen LogP contribution in [0.5, 0.6) is 0 Å². The molecule has 0 aliphatic heterocycles. The lowest BCUT2D eigenvalue weighted by Crippen LogP contribution is -2.03. The van der Waals surface area contributed by atoms with E-state index in [2.05, 4.69) is 37.3 Å². The number of benzene rings is 1. The number of halogens is 2. The predicted octanol–water partition coefficient (Wildman–Crippen LogP) is 4.04. The van der Waals surface area contributed by atoms with Crippen LogP contribution in [0.2, 0.25) is 5.15 Å². The van der Waals surface area contributed by atoms with Crippen LogP contribution in [0.3, 0.4) is 0 Å². The van der Waals surface area contributed by atoms with Gasteiger partial charge in [0.25, 0.3) is 0 Å². The smallest absolute Gasteiger partial charge is 0.158 e. The number of nitriles is 1. The Morgan fingerprint density at radius 3 is 2.90 bits per heavy atom. The molecule has 1 heterocycles. The molecule has 0 fully saturated rings. The van der Waals surface area contributed by atoms with Crippen LogP contribution in [-0.2, 0) is 11.3 Å². The molecule has 0 bridgehead atoms. The fourth-order valence-corrected chi connectivity index (χ4v) is 2.20. The van der Waals surface area contributed by atoms with Crippen molar-refractivity contribution < 1.29 is 4.74 Å². The highest BCUT2D eigenvalue weighted by molar-refractivity contribution is 9.10. The van der Waals surface area contributed by atoms with Gasteiger partial charge in [0.05, 0.1) is 11.3 Å². The molecule has 0 aliphatic carbocycles. The summed E-state index contributed by atoms with van der Waals surface area (Å²) in [4.78, 5) is 8.40. The Balaban J connectivity index is 2.29. The number of nitrogens with one attached hydrogen (secondary N) is 1. The average molecular weight is 368 g/mol. The number of rotatable bonds is 5. The second-order valence-corrected chi connectivity index (χ2v) is 5.36. The molecule has 0 saturated heterocycles. The number of hydrogen-bond acceptors (Lipinski definition) is 5. The van der Waals surface area contributed by atoms with Crippen molar-refractivity contribution in [3.63, 3.8) is 0 Å². The topological polar surface area (TPSA) is 70.8 Å². The van der Waals surface area contributed by atoms with E-state index < -0.39 is 0 Å². The molecule has 1 aromatic heterocycles. The van der Waals surface area contributed by atoms with Crippen LogP contribution in [0.4, 0.5) is 11.5 Å². The standard InChI is InChI=1S/C14H12BrClN4O/c1-2-21-8-14-19-12(16)6-13(20-14)18-11-5-10(15)4-3-9(11)7-17/h3-6H,2,8H2,1H3,(H,18,19,20). The normalized spacial score (nSPS) is 10.2. The van der Waals surface area contributed by atoms with Gasteiger partial charge in [-0.2, -0.15) is 5.26 Å². The average Bonchev–Trinajstić information content (AvgIpc) is 2.45. The van der Waals surface area contributed by atoms with E-state index in [9.17, 15) is 0 Å². The molecule has 21 heavy (non-hydrogen) atoms. The van der Waals surface area contributed by atoms with Gasteiger partial charge < -0.3 is 10.1 Å². The van der Waals surface area contributed by atoms with E-state index in [0.717, 1.165) is 4.47 Å². The summed E-state index contributed by atoms with van der Waals surface area (Å²) >= 11 is 9.35. The van der Waals surface area contributed by atoms with Crippen molar-refractivity contribution in [1.82, 2.24) is 9.97 Å². The molecule has 0 atom stereocenters. The van der Waals surface area contributed by atoms with Crippen molar-refractivity contribution in [1.29, 1.82) is 5.26 Å². The highest BCUT2D eigenvalue weighted by Crippen LogP contribution is 2.24. The molecule has 0 unspecified atom stereocenters. The van der Waals surface area contributed by atoms with Gasteiger partial charge >= 0.3 is 0 Å². The third-order valence-electron chi connectivity index (χ3n) is 2.54. The van der Waals surface area contributed by atoms with Crippen molar-refractivity contribution in [3.8, 4) is 6.07 Å². The first-order valence-corrected chi connectivity index (χ1v) is 7.37. The highest BCUT2D eigenvalue weighted by Gasteiger charge is 2.07. The summed E-state index contributed by atoms with van der Waals surface area (Å²) in [5, 5.41) is 12.5. The van der Waals surface area contributed by atoms with Gasteiger partial charge in [-0.15, -0.1) is 0 Å². The van der Waals surface area contributed by atoms with E-state index in [0.29, 0.717) is 34.7 Å². The summed E-state index contributed by atoms with van der Waals surface area (Å²) in [7, 11) is 0. The SMILES string of the molecule is CCOCc1nc(Cl)cc(Nc2cc(Br)ccc2C#N)n1. The molecular weight excluding hydrogens is 356 g/mol. The lowest BCUT2D eigenvalue weighted by atomic mass is 10.2. The molecule has 0 saturated carbocycles. The van der Waals surface area contributed by atoms with E-state index in [4.69, 9.17) is 21.6 Å². The Morgan fingerprint density at radius 2 is 2.19 bits per heavy atom. The van der Waals surface area contributed by atoms with E-state index in [1.54, 1.807) is 24.3 Å². The first-order valence-electron chi connectivity index (χ1n) is 6.20. The lowest BCUT2D eigenvalue weighted by Gasteiger charge is -2.10. The minimum atomic E-state index is 0.287. The molecule has 108 valence electrons. The molecule has 5 nitrogen and oxygen atoms in total. The Bertz CT molecular complexity index is 687. The Hall–Kier alpha value is -1.68. The molecule has 7 heteroatoms. The maximum atomic E-state index is 9.13. The highest BCUT2D eigenvalue weighted by atomic mass is 79.9. The largest absolute Gasteiger partial charge is 0.374 e. The number of aromatic nitrogens is 2. The Labute approximate surface area is 136 Å². The van der Waals surface area contributed by atoms with Crippen LogP contribution in [0.15, 0.2) is 28.7 Å². The molecule has 0 amide bonds. The Kier molecular flexibility index (Phi) is 5.51. The van der Waals surface area contributed by atoms with E-state index in [-0.39, 0.29) is 6.61 Å². The zero-order chi connectivity index (χ0) is 15.2. The second kappa shape index (κ2) is 7.36. The number of anilines is 2. The first kappa shape index (κ1) is 15.7. The maximum Gasteiger partial charge on any atom is 0.158 e. The molecule has 1 N–H and O–H groups in total. The summed E-state index contributed by atoms with van der Waals surface area (Å²) < 4.78 is 6.13. The quantitative estimate of drug-likeness (QED) is 0.807. The van der Waals surface area contributed by atoms with Crippen LogP contribution in [0.1, 0.15) is 18.3 Å². The second-order valence-electron chi connectivity index (χ2n) is 4.06. The molecular formula is C14H12BrClN4O. The third kappa shape index (κ3) is 4.39. The van der Waals surface area contributed by atoms with E-state index in [1.807, 2.05) is 6.92 Å². The zero-order valence-corrected chi connectivity index (χ0v) is 13.6. The van der Waals surface area contributed by atoms with Crippen molar-refractivity contribution in [2.75, 3.05) is 11.9 Å². The van der Waals surface area contributed by atoms with Crippen LogP contribution < -0.4 is 5.32 Å². The van der Waals surface area contributed by atoms with Gasteiger partial charge in [0, 0.05) is 17.1 Å². The molecule has 0 aliphatic rings. The summed E-state index contributed by atoms with van der Waals surface area (Å²) in [6.07, 6.45) is 0. The van der Waals surface area contributed by atoms with Crippen LogP contribution in [0, 0.1) is 11.3 Å². The fourth-order valence-electron chi connectivity index (χ4n) is 1.64. The lowest BCUT2D eigenvalue weighted by molar-refractivity contribution is 0.128. The van der Waals surface area contributed by atoms with Crippen molar-refractivity contribution >= 4 is 39.0 Å². The van der Waals surface area contributed by atoms with E-state index >= 15 is 0 Å². The van der Waals surface area contributed by atoms with Crippen LogP contribution in [0.25, 0.3) is 0 Å². The van der Waals surface area contributed by atoms with Crippen LogP contribution in [-0.4, -0.2) is 16.6 Å². The van der Waals surface area contributed by atoms with Gasteiger partial charge in [-0.3, -0.25) is 0 Å². The van der Waals surface area contributed by atoms with Gasteiger partial charge in [-0.25, -0.2) is 9.97 Å². The van der Waals surface area contributed by atoms with Gasteiger partial charge in [0.2, 0.25) is 0 Å². The summed E-state index contributed by atoms with van der Waals surface area (Å²) in [6, 6.07) is 9.04. The fraction of sp³-hybridized carbons (Fsp3) is 0.214. The first-order chi connectivity index (χ1) is 10.1. The van der Waals surface area contributed by atoms with Crippen molar-refractivity contribution in [2.24, 2.45) is 0 Å². The number of nitrogens with zero attached hydrogens (tertiary/aromatic N) is 3.